The Morgan fingerprint density at radius 2 is 1.78 bits per heavy atom. The van der Waals surface area contributed by atoms with Crippen molar-refractivity contribution >= 4 is 23.4 Å². The zero-order valence-electron chi connectivity index (χ0n) is 21.6. The fourth-order valence-corrected chi connectivity index (χ4v) is 4.80. The van der Waals surface area contributed by atoms with E-state index in [4.69, 9.17) is 5.73 Å². The number of likely N-dealkylation sites (N-methyl/N-ethyl adjacent to an activating group) is 1. The largest absolute Gasteiger partial charge is 0.399 e. The number of nitrogen functional groups attached to an aromatic ring is 1. The van der Waals surface area contributed by atoms with Crippen LogP contribution in [0.25, 0.3) is 0 Å². The molecule has 1 aromatic heterocycles. The van der Waals surface area contributed by atoms with Crippen molar-refractivity contribution < 1.29 is 9.59 Å². The molecule has 0 unspecified atom stereocenters. The second-order valence-electron chi connectivity index (χ2n) is 9.89. The number of nitrogens with two attached hydrogens (primary N) is 1. The van der Waals surface area contributed by atoms with Crippen LogP contribution in [0.3, 0.4) is 0 Å². The van der Waals surface area contributed by atoms with Gasteiger partial charge < -0.3 is 26.2 Å². The summed E-state index contributed by atoms with van der Waals surface area (Å²) in [6.45, 7) is 7.66. The van der Waals surface area contributed by atoms with Gasteiger partial charge in [0.15, 0.2) is 5.82 Å². The maximum Gasteiger partial charge on any atom is 0.319 e. The van der Waals surface area contributed by atoms with Gasteiger partial charge in [-0.25, -0.2) is 4.79 Å². The summed E-state index contributed by atoms with van der Waals surface area (Å²) < 4.78 is 1.87. The van der Waals surface area contributed by atoms with Crippen LogP contribution in [0.4, 0.5) is 16.3 Å². The van der Waals surface area contributed by atoms with Crippen molar-refractivity contribution in [1.82, 2.24) is 24.9 Å². The highest BCUT2D eigenvalue weighted by atomic mass is 16.2. The molecule has 4 rings (SSSR count). The number of nitrogens with one attached hydrogen (secondary N) is 2. The molecule has 9 nitrogen and oxygen atoms in total. The smallest absolute Gasteiger partial charge is 0.319 e. The number of carbonyl (C=O) groups excluding carboxylic acids is 2. The first-order chi connectivity index (χ1) is 17.1. The van der Waals surface area contributed by atoms with E-state index in [9.17, 15) is 9.59 Å². The second kappa shape index (κ2) is 10.0. The Morgan fingerprint density at radius 1 is 1.11 bits per heavy atom. The van der Waals surface area contributed by atoms with E-state index in [1.54, 1.807) is 24.3 Å². The Morgan fingerprint density at radius 3 is 2.39 bits per heavy atom. The second-order valence-corrected chi connectivity index (χ2v) is 9.89. The van der Waals surface area contributed by atoms with Gasteiger partial charge in [0.25, 0.3) is 5.91 Å². The van der Waals surface area contributed by atoms with E-state index < -0.39 is 5.54 Å². The lowest BCUT2D eigenvalue weighted by molar-refractivity contribution is 0.102. The van der Waals surface area contributed by atoms with Crippen molar-refractivity contribution in [3.05, 3.63) is 77.0 Å². The molecule has 0 saturated carbocycles. The molecule has 3 aromatic rings. The van der Waals surface area contributed by atoms with Crippen molar-refractivity contribution in [1.29, 1.82) is 0 Å². The van der Waals surface area contributed by atoms with Crippen LogP contribution in [-0.4, -0.2) is 52.2 Å². The molecule has 0 saturated heterocycles. The minimum absolute atomic E-state index is 0.162. The minimum atomic E-state index is -0.619. The number of carbonyl (C=O) groups is 2. The molecule has 0 fully saturated rings. The maximum absolute atomic E-state index is 13.6. The first-order valence-corrected chi connectivity index (χ1v) is 12.2. The molecule has 0 bridgehead atoms. The van der Waals surface area contributed by atoms with Crippen LogP contribution < -0.4 is 16.4 Å². The zero-order valence-corrected chi connectivity index (χ0v) is 21.6. The molecule has 0 spiro atoms. The molecule has 1 atom stereocenters. The van der Waals surface area contributed by atoms with Gasteiger partial charge in [0.2, 0.25) is 0 Å². The van der Waals surface area contributed by atoms with Crippen LogP contribution in [0.5, 0.6) is 0 Å². The summed E-state index contributed by atoms with van der Waals surface area (Å²) in [6, 6.07) is 16.4. The van der Waals surface area contributed by atoms with Gasteiger partial charge in [-0.15, -0.1) is 0 Å². The third-order valence-corrected chi connectivity index (χ3v) is 6.62. The van der Waals surface area contributed by atoms with E-state index in [0.29, 0.717) is 36.7 Å². The monoisotopic (exact) mass is 489 g/mol. The predicted octanol–water partition coefficient (Wildman–Crippen LogP) is 3.80. The molecule has 3 amide bonds. The number of fused-ring (bicyclic) bond motifs is 1. The predicted molar refractivity (Wildman–Crippen MR) is 142 cm³/mol. The normalized spacial score (nSPS) is 15.0. The highest BCUT2D eigenvalue weighted by Crippen LogP contribution is 2.42. The number of aryl methyl sites for hydroxylation is 1. The lowest BCUT2D eigenvalue weighted by Crippen LogP contribution is -2.49. The van der Waals surface area contributed by atoms with Gasteiger partial charge >= 0.3 is 6.03 Å². The quantitative estimate of drug-likeness (QED) is 0.438. The van der Waals surface area contributed by atoms with Gasteiger partial charge in [-0.1, -0.05) is 30.3 Å². The van der Waals surface area contributed by atoms with Crippen molar-refractivity contribution in [2.75, 3.05) is 31.7 Å². The molecule has 2 heterocycles. The van der Waals surface area contributed by atoms with Crippen molar-refractivity contribution in [3.63, 3.8) is 0 Å². The van der Waals surface area contributed by atoms with Gasteiger partial charge in [-0.3, -0.25) is 9.48 Å². The Balaban J connectivity index is 1.59. The average Bonchev–Trinajstić information content (AvgIpc) is 3.34. The number of benzene rings is 2. The number of hydrogen-bond acceptors (Lipinski definition) is 5. The van der Waals surface area contributed by atoms with E-state index in [1.165, 1.54) is 0 Å². The first kappa shape index (κ1) is 25.2. The van der Waals surface area contributed by atoms with Crippen LogP contribution in [-0.2, 0) is 18.6 Å². The summed E-state index contributed by atoms with van der Waals surface area (Å²) in [5.74, 6) is 0.208. The van der Waals surface area contributed by atoms with E-state index in [2.05, 4.69) is 20.6 Å². The first-order valence-electron chi connectivity index (χ1n) is 12.2. The molecule has 4 N–H and O–H groups in total. The molecule has 190 valence electrons. The van der Waals surface area contributed by atoms with Gasteiger partial charge in [0.1, 0.15) is 0 Å². The molecule has 0 aliphatic carbocycles. The highest BCUT2D eigenvalue weighted by molar-refractivity contribution is 6.04. The summed E-state index contributed by atoms with van der Waals surface area (Å²) in [6.07, 6.45) is 0. The van der Waals surface area contributed by atoms with Crippen LogP contribution in [0.1, 0.15) is 54.0 Å². The summed E-state index contributed by atoms with van der Waals surface area (Å²) in [7, 11) is 3.98. The van der Waals surface area contributed by atoms with Crippen LogP contribution in [0.2, 0.25) is 0 Å². The SMILES string of the molecule is CCn1nc(NC(=O)c2ccc(N)cc2)c2c1C(C)(C)N(C(=O)N[C@H](CN(C)C)c1ccccc1)C2. The van der Waals surface area contributed by atoms with E-state index in [-0.39, 0.29) is 18.0 Å². The molecule has 0 radical (unpaired) electrons. The Labute approximate surface area is 212 Å². The molecule has 2 aromatic carbocycles. The van der Waals surface area contributed by atoms with Gasteiger partial charge in [0, 0.05) is 29.9 Å². The molecule has 1 aliphatic rings. The third-order valence-electron chi connectivity index (χ3n) is 6.62. The van der Waals surface area contributed by atoms with Crippen LogP contribution >= 0.6 is 0 Å². The molecule has 9 heteroatoms. The lowest BCUT2D eigenvalue weighted by Gasteiger charge is -2.35. The third kappa shape index (κ3) is 4.92. The van der Waals surface area contributed by atoms with Gasteiger partial charge in [0.05, 0.1) is 23.8 Å². The average molecular weight is 490 g/mol. The number of amides is 3. The summed E-state index contributed by atoms with van der Waals surface area (Å²) in [4.78, 5) is 30.4. The standard InChI is InChI=1S/C27H35N7O2/c1-6-34-23-21(24(31-34)30-25(35)19-12-14-20(28)15-13-19)16-33(27(23,2)3)26(36)29-22(17-32(4)5)18-10-8-7-9-11-18/h7-15,22H,6,16-17,28H2,1-5H3,(H,29,36)(H,30,31,35)/t22-/m1/s1. The Bertz CT molecular complexity index is 1230. The van der Waals surface area contributed by atoms with Crippen molar-refractivity contribution in [2.45, 2.75) is 45.4 Å². The summed E-state index contributed by atoms with van der Waals surface area (Å²) >= 11 is 0. The topological polar surface area (TPSA) is 109 Å². The van der Waals surface area contributed by atoms with Crippen molar-refractivity contribution in [2.24, 2.45) is 0 Å². The van der Waals surface area contributed by atoms with E-state index in [0.717, 1.165) is 16.8 Å². The lowest BCUT2D eigenvalue weighted by atomic mass is 10.00. The zero-order chi connectivity index (χ0) is 26.0. The summed E-state index contributed by atoms with van der Waals surface area (Å²) in [5.41, 5.74) is 9.04. The number of urea groups is 1. The van der Waals surface area contributed by atoms with Gasteiger partial charge in [-0.05, 0) is 64.7 Å². The number of rotatable bonds is 7. The Kier molecular flexibility index (Phi) is 7.03. The molecule has 36 heavy (non-hydrogen) atoms. The number of anilines is 2. The maximum atomic E-state index is 13.6. The van der Waals surface area contributed by atoms with Crippen LogP contribution in [0.15, 0.2) is 54.6 Å². The van der Waals surface area contributed by atoms with E-state index in [1.807, 2.05) is 74.8 Å². The molecule has 1 aliphatic heterocycles. The molecular formula is C27H35N7O2. The van der Waals surface area contributed by atoms with Crippen LogP contribution in [0, 0.1) is 0 Å². The minimum Gasteiger partial charge on any atom is -0.399 e. The fraction of sp³-hybridized carbons (Fsp3) is 0.370. The molecular weight excluding hydrogens is 454 g/mol. The fourth-order valence-electron chi connectivity index (χ4n) is 4.80. The Hall–Kier alpha value is -3.85. The van der Waals surface area contributed by atoms with Gasteiger partial charge in [-0.2, -0.15) is 5.10 Å². The summed E-state index contributed by atoms with van der Waals surface area (Å²) in [5, 5.41) is 10.8. The van der Waals surface area contributed by atoms with Crippen molar-refractivity contribution in [3.8, 4) is 0 Å². The number of nitrogens with zero attached hydrogens (tertiary/aromatic N) is 4. The number of hydrogen-bond donors (Lipinski definition) is 3. The number of aromatic nitrogens is 2. The van der Waals surface area contributed by atoms with E-state index >= 15 is 0 Å². The highest BCUT2D eigenvalue weighted by Gasteiger charge is 2.45.